The maximum atomic E-state index is 12.3. The van der Waals surface area contributed by atoms with Crippen molar-refractivity contribution in [1.29, 1.82) is 0 Å². The van der Waals surface area contributed by atoms with Gasteiger partial charge in [0.25, 0.3) is 6.43 Å². The third-order valence-electron chi connectivity index (χ3n) is 1.75. The predicted molar refractivity (Wildman–Crippen MR) is 48.8 cm³/mol. The topological polar surface area (TPSA) is 28.7 Å². The van der Waals surface area contributed by atoms with Crippen molar-refractivity contribution in [3.8, 4) is 0 Å². The average Bonchev–Trinajstić information content (AvgIpc) is 2.49. The molecule has 1 N–H and O–H groups in total. The fourth-order valence-corrected chi connectivity index (χ4v) is 1.60. The zero-order valence-corrected chi connectivity index (χ0v) is 7.98. The molecule has 2 heterocycles. The van der Waals surface area contributed by atoms with Crippen molar-refractivity contribution in [2.45, 2.75) is 6.43 Å². The second-order valence-electron chi connectivity index (χ2n) is 2.61. The fraction of sp³-hybridized carbons (Fsp3) is 0.125. The summed E-state index contributed by atoms with van der Waals surface area (Å²) in [5, 5.41) is 0.727. The van der Waals surface area contributed by atoms with Gasteiger partial charge in [-0.05, 0) is 22.0 Å². The molecule has 0 aliphatic carbocycles. The quantitative estimate of drug-likeness (QED) is 0.823. The van der Waals surface area contributed by atoms with E-state index in [1.54, 1.807) is 6.20 Å². The Bertz CT molecular complexity index is 439. The third-order valence-corrected chi connectivity index (χ3v) is 2.38. The van der Waals surface area contributed by atoms with Crippen LogP contribution in [0.25, 0.3) is 10.9 Å². The Balaban J connectivity index is 2.68. The maximum Gasteiger partial charge on any atom is 0.278 e. The Morgan fingerprint density at radius 1 is 1.38 bits per heavy atom. The average molecular weight is 247 g/mol. The molecule has 0 unspecified atom stereocenters. The third kappa shape index (κ3) is 1.44. The van der Waals surface area contributed by atoms with Gasteiger partial charge in [0.1, 0.15) is 0 Å². The molecule has 68 valence electrons. The van der Waals surface area contributed by atoms with Gasteiger partial charge in [0.2, 0.25) is 0 Å². The molecular weight excluding hydrogens is 242 g/mol. The van der Waals surface area contributed by atoms with E-state index in [1.165, 1.54) is 12.3 Å². The number of aromatic amines is 1. The molecule has 0 saturated heterocycles. The standard InChI is InChI=1S/C8H5BrF2N2/c9-5-2-12-3-7-4(5)1-6(13-7)8(10)11/h1-3,8,13H. The summed E-state index contributed by atoms with van der Waals surface area (Å²) in [5.41, 5.74) is 0.536. The summed E-state index contributed by atoms with van der Waals surface area (Å²) < 4.78 is 25.3. The van der Waals surface area contributed by atoms with Crippen LogP contribution in [0.1, 0.15) is 12.1 Å². The molecule has 2 rings (SSSR count). The van der Waals surface area contributed by atoms with Gasteiger partial charge in [-0.1, -0.05) is 0 Å². The van der Waals surface area contributed by atoms with E-state index in [1.807, 2.05) is 0 Å². The van der Waals surface area contributed by atoms with Crippen molar-refractivity contribution >= 4 is 26.8 Å². The van der Waals surface area contributed by atoms with E-state index in [2.05, 4.69) is 25.9 Å². The van der Waals surface area contributed by atoms with Gasteiger partial charge in [0.15, 0.2) is 0 Å². The first-order chi connectivity index (χ1) is 6.18. The summed E-state index contributed by atoms with van der Waals surface area (Å²) in [6.07, 6.45) is 0.622. The molecule has 0 saturated carbocycles. The number of hydrogen-bond acceptors (Lipinski definition) is 1. The van der Waals surface area contributed by atoms with E-state index in [-0.39, 0.29) is 5.69 Å². The van der Waals surface area contributed by atoms with E-state index in [0.717, 1.165) is 5.39 Å². The minimum atomic E-state index is -2.47. The summed E-state index contributed by atoms with van der Waals surface area (Å²) in [4.78, 5) is 6.46. The van der Waals surface area contributed by atoms with Crippen LogP contribution in [0, 0.1) is 0 Å². The van der Waals surface area contributed by atoms with Crippen LogP contribution in [0.4, 0.5) is 8.78 Å². The number of pyridine rings is 1. The maximum absolute atomic E-state index is 12.3. The normalized spacial score (nSPS) is 11.4. The van der Waals surface area contributed by atoms with Crippen LogP contribution in [-0.2, 0) is 0 Å². The lowest BCUT2D eigenvalue weighted by Crippen LogP contribution is -1.80. The van der Waals surface area contributed by atoms with Crippen molar-refractivity contribution in [3.63, 3.8) is 0 Å². The summed E-state index contributed by atoms with van der Waals surface area (Å²) in [7, 11) is 0. The van der Waals surface area contributed by atoms with Gasteiger partial charge in [-0.25, -0.2) is 8.78 Å². The van der Waals surface area contributed by atoms with Crippen LogP contribution in [0.3, 0.4) is 0 Å². The first-order valence-electron chi connectivity index (χ1n) is 3.59. The number of alkyl halides is 2. The zero-order valence-electron chi connectivity index (χ0n) is 6.39. The highest BCUT2D eigenvalue weighted by atomic mass is 79.9. The van der Waals surface area contributed by atoms with Crippen molar-refractivity contribution < 1.29 is 8.78 Å². The lowest BCUT2D eigenvalue weighted by molar-refractivity contribution is 0.147. The molecule has 2 nitrogen and oxygen atoms in total. The number of H-pyrrole nitrogens is 1. The lowest BCUT2D eigenvalue weighted by atomic mass is 10.3. The van der Waals surface area contributed by atoms with Gasteiger partial charge in [0.05, 0.1) is 17.4 Å². The van der Waals surface area contributed by atoms with Crippen molar-refractivity contribution in [1.82, 2.24) is 9.97 Å². The fourth-order valence-electron chi connectivity index (χ4n) is 1.16. The van der Waals surface area contributed by atoms with Crippen LogP contribution in [0.2, 0.25) is 0 Å². The van der Waals surface area contributed by atoms with Gasteiger partial charge in [-0.2, -0.15) is 0 Å². The Labute approximate surface area is 81.1 Å². The summed E-state index contributed by atoms with van der Waals surface area (Å²) in [6.45, 7) is 0. The van der Waals surface area contributed by atoms with Crippen LogP contribution in [-0.4, -0.2) is 9.97 Å². The van der Waals surface area contributed by atoms with E-state index in [9.17, 15) is 8.78 Å². The van der Waals surface area contributed by atoms with E-state index in [4.69, 9.17) is 0 Å². The molecule has 0 amide bonds. The number of nitrogens with one attached hydrogen (secondary N) is 1. The van der Waals surface area contributed by atoms with Gasteiger partial charge >= 0.3 is 0 Å². The molecule has 0 atom stereocenters. The minimum absolute atomic E-state index is 0.0799. The summed E-state index contributed by atoms with van der Waals surface area (Å²) in [5.74, 6) is 0. The smallest absolute Gasteiger partial charge is 0.278 e. The van der Waals surface area contributed by atoms with Crippen LogP contribution in [0.15, 0.2) is 22.9 Å². The minimum Gasteiger partial charge on any atom is -0.352 e. The molecule has 0 aliphatic rings. The van der Waals surface area contributed by atoms with Crippen molar-refractivity contribution in [2.75, 3.05) is 0 Å². The van der Waals surface area contributed by atoms with Crippen molar-refractivity contribution in [2.24, 2.45) is 0 Å². The van der Waals surface area contributed by atoms with E-state index >= 15 is 0 Å². The molecule has 5 heteroatoms. The summed E-state index contributed by atoms with van der Waals surface area (Å²) in [6, 6.07) is 1.42. The molecule has 0 fully saturated rings. The summed E-state index contributed by atoms with van der Waals surface area (Å²) >= 11 is 3.23. The molecule has 0 spiro atoms. The number of halogens is 3. The number of aromatic nitrogens is 2. The van der Waals surface area contributed by atoms with E-state index in [0.29, 0.717) is 9.99 Å². The number of hydrogen-bond donors (Lipinski definition) is 1. The molecule has 0 aliphatic heterocycles. The Hall–Kier alpha value is -0.970. The Kier molecular flexibility index (Phi) is 2.03. The predicted octanol–water partition coefficient (Wildman–Crippen LogP) is 3.26. The molecule has 0 radical (unpaired) electrons. The lowest BCUT2D eigenvalue weighted by Gasteiger charge is -1.90. The second kappa shape index (κ2) is 3.06. The highest BCUT2D eigenvalue weighted by molar-refractivity contribution is 9.10. The van der Waals surface area contributed by atoms with Crippen LogP contribution < -0.4 is 0 Å². The molecule has 13 heavy (non-hydrogen) atoms. The van der Waals surface area contributed by atoms with Gasteiger partial charge < -0.3 is 4.98 Å². The molecule has 0 bridgehead atoms. The Morgan fingerprint density at radius 2 is 2.15 bits per heavy atom. The highest BCUT2D eigenvalue weighted by Crippen LogP contribution is 2.27. The number of nitrogens with zero attached hydrogens (tertiary/aromatic N) is 1. The Morgan fingerprint density at radius 3 is 2.77 bits per heavy atom. The zero-order chi connectivity index (χ0) is 9.42. The molecular formula is C8H5BrF2N2. The number of rotatable bonds is 1. The second-order valence-corrected chi connectivity index (χ2v) is 3.46. The monoisotopic (exact) mass is 246 g/mol. The first kappa shape index (κ1) is 8.62. The molecule has 0 aromatic carbocycles. The first-order valence-corrected chi connectivity index (χ1v) is 4.38. The number of fused-ring (bicyclic) bond motifs is 1. The van der Waals surface area contributed by atoms with Gasteiger partial charge in [0, 0.05) is 16.1 Å². The molecule has 2 aromatic heterocycles. The van der Waals surface area contributed by atoms with E-state index < -0.39 is 6.43 Å². The molecule has 2 aromatic rings. The SMILES string of the molecule is FC(F)c1cc2c(Br)cncc2[nH]1. The highest BCUT2D eigenvalue weighted by Gasteiger charge is 2.11. The van der Waals surface area contributed by atoms with Crippen LogP contribution in [0.5, 0.6) is 0 Å². The largest absolute Gasteiger partial charge is 0.352 e. The van der Waals surface area contributed by atoms with Gasteiger partial charge in [-0.3, -0.25) is 4.98 Å². The van der Waals surface area contributed by atoms with Crippen LogP contribution >= 0.6 is 15.9 Å². The van der Waals surface area contributed by atoms with Gasteiger partial charge in [-0.15, -0.1) is 0 Å². The van der Waals surface area contributed by atoms with Crippen molar-refractivity contribution in [3.05, 3.63) is 28.6 Å².